The zero-order valence-electron chi connectivity index (χ0n) is 12.5. The fourth-order valence-corrected chi connectivity index (χ4v) is 3.10. The van der Waals surface area contributed by atoms with Crippen LogP contribution in [0.3, 0.4) is 0 Å². The molecule has 120 valence electrons. The molecule has 0 bridgehead atoms. The first-order chi connectivity index (χ1) is 10.2. The number of amides is 2. The Bertz CT molecular complexity index is 547. The normalized spacial score (nSPS) is 21.1. The number of rotatable bonds is 3. The maximum atomic E-state index is 12.4. The highest BCUT2D eigenvalue weighted by molar-refractivity contribution is 5.97. The monoisotopic (exact) mass is 323 g/mol. The van der Waals surface area contributed by atoms with Crippen LogP contribution in [0.25, 0.3) is 0 Å². The number of anilines is 1. The number of hydrogen-bond acceptors (Lipinski definition) is 3. The topological polar surface area (TPSA) is 66.6 Å². The third-order valence-electron chi connectivity index (χ3n) is 4.41. The van der Waals surface area contributed by atoms with Gasteiger partial charge in [0, 0.05) is 37.3 Å². The molecule has 5 nitrogen and oxygen atoms in total. The maximum absolute atomic E-state index is 12.4. The van der Waals surface area contributed by atoms with Crippen LogP contribution in [0.15, 0.2) is 24.3 Å². The fourth-order valence-electron chi connectivity index (χ4n) is 3.10. The number of nitrogens with two attached hydrogens (primary N) is 1. The van der Waals surface area contributed by atoms with Crippen molar-refractivity contribution in [1.82, 2.24) is 4.90 Å². The summed E-state index contributed by atoms with van der Waals surface area (Å²) >= 11 is 0. The Kier molecular flexibility index (Phi) is 5.42. The van der Waals surface area contributed by atoms with Crippen molar-refractivity contribution in [3.8, 4) is 0 Å². The van der Waals surface area contributed by atoms with Gasteiger partial charge < -0.3 is 15.5 Å². The Labute approximate surface area is 136 Å². The summed E-state index contributed by atoms with van der Waals surface area (Å²) in [7, 11) is 0. The van der Waals surface area contributed by atoms with E-state index in [0.29, 0.717) is 24.4 Å². The van der Waals surface area contributed by atoms with Crippen molar-refractivity contribution in [1.29, 1.82) is 0 Å². The molecule has 1 aromatic carbocycles. The molecule has 1 atom stereocenters. The van der Waals surface area contributed by atoms with E-state index < -0.39 is 0 Å². The number of likely N-dealkylation sites (tertiary alicyclic amines) is 1. The first-order valence-corrected chi connectivity index (χ1v) is 7.59. The second-order valence-electron chi connectivity index (χ2n) is 5.84. The number of benzene rings is 1. The van der Waals surface area contributed by atoms with Crippen LogP contribution in [-0.4, -0.2) is 42.9 Å². The van der Waals surface area contributed by atoms with E-state index in [2.05, 4.69) is 0 Å². The standard InChI is InChI=1S/C16H21N3O2.ClH/c17-10-12-7-9-18(11-12)16(21)13-3-5-14(6-4-13)19-8-1-2-15(19)20;/h3-6,12H,1-2,7-11,17H2;1H. The van der Waals surface area contributed by atoms with Gasteiger partial charge >= 0.3 is 0 Å². The zero-order valence-corrected chi connectivity index (χ0v) is 13.3. The van der Waals surface area contributed by atoms with E-state index in [1.807, 2.05) is 29.2 Å². The summed E-state index contributed by atoms with van der Waals surface area (Å²) < 4.78 is 0. The van der Waals surface area contributed by atoms with E-state index in [9.17, 15) is 9.59 Å². The minimum atomic E-state index is 0. The number of carbonyl (C=O) groups excluding carboxylic acids is 2. The second-order valence-corrected chi connectivity index (χ2v) is 5.84. The molecular formula is C16H22ClN3O2. The van der Waals surface area contributed by atoms with Crippen molar-refractivity contribution in [2.24, 2.45) is 11.7 Å². The number of carbonyl (C=O) groups is 2. The Morgan fingerprint density at radius 1 is 1.23 bits per heavy atom. The Morgan fingerprint density at radius 3 is 2.50 bits per heavy atom. The molecule has 0 aromatic heterocycles. The highest BCUT2D eigenvalue weighted by atomic mass is 35.5. The van der Waals surface area contributed by atoms with Crippen LogP contribution in [0.2, 0.25) is 0 Å². The lowest BCUT2D eigenvalue weighted by Crippen LogP contribution is -2.30. The predicted molar refractivity (Wildman–Crippen MR) is 88.3 cm³/mol. The molecule has 3 rings (SSSR count). The summed E-state index contributed by atoms with van der Waals surface area (Å²) in [5.41, 5.74) is 7.23. The minimum Gasteiger partial charge on any atom is -0.338 e. The predicted octanol–water partition coefficient (Wildman–Crippen LogP) is 1.66. The molecule has 0 aliphatic carbocycles. The SMILES string of the molecule is Cl.NCC1CCN(C(=O)c2ccc(N3CCCC3=O)cc2)C1. The number of hydrogen-bond donors (Lipinski definition) is 1. The molecule has 1 unspecified atom stereocenters. The van der Waals surface area contributed by atoms with Crippen LogP contribution in [0, 0.1) is 5.92 Å². The smallest absolute Gasteiger partial charge is 0.253 e. The van der Waals surface area contributed by atoms with Gasteiger partial charge in [0.1, 0.15) is 0 Å². The van der Waals surface area contributed by atoms with E-state index in [1.165, 1.54) is 0 Å². The lowest BCUT2D eigenvalue weighted by molar-refractivity contribution is -0.117. The first-order valence-electron chi connectivity index (χ1n) is 7.59. The fraction of sp³-hybridized carbons (Fsp3) is 0.500. The molecule has 2 fully saturated rings. The largest absolute Gasteiger partial charge is 0.338 e. The average Bonchev–Trinajstić information content (AvgIpc) is 3.15. The Hall–Kier alpha value is -1.59. The van der Waals surface area contributed by atoms with Crippen LogP contribution in [0.1, 0.15) is 29.6 Å². The van der Waals surface area contributed by atoms with Gasteiger partial charge in [0.25, 0.3) is 5.91 Å². The third-order valence-corrected chi connectivity index (χ3v) is 4.41. The Morgan fingerprint density at radius 2 is 1.95 bits per heavy atom. The molecule has 0 radical (unpaired) electrons. The highest BCUT2D eigenvalue weighted by Crippen LogP contribution is 2.23. The van der Waals surface area contributed by atoms with Gasteiger partial charge in [-0.05, 0) is 49.6 Å². The maximum Gasteiger partial charge on any atom is 0.253 e. The first kappa shape index (κ1) is 16.8. The van der Waals surface area contributed by atoms with Crippen LogP contribution < -0.4 is 10.6 Å². The number of halogens is 1. The van der Waals surface area contributed by atoms with Crippen LogP contribution in [0.5, 0.6) is 0 Å². The summed E-state index contributed by atoms with van der Waals surface area (Å²) in [5, 5.41) is 0. The molecular weight excluding hydrogens is 302 g/mol. The van der Waals surface area contributed by atoms with Crippen molar-refractivity contribution in [2.45, 2.75) is 19.3 Å². The van der Waals surface area contributed by atoms with Gasteiger partial charge in [0.2, 0.25) is 5.91 Å². The lowest BCUT2D eigenvalue weighted by Gasteiger charge is -2.18. The van der Waals surface area contributed by atoms with Gasteiger partial charge in [-0.25, -0.2) is 0 Å². The average molecular weight is 324 g/mol. The van der Waals surface area contributed by atoms with Crippen LogP contribution >= 0.6 is 12.4 Å². The van der Waals surface area contributed by atoms with Crippen molar-refractivity contribution < 1.29 is 9.59 Å². The zero-order chi connectivity index (χ0) is 14.8. The minimum absolute atomic E-state index is 0. The molecule has 2 aliphatic rings. The molecule has 2 saturated heterocycles. The Balaban J connectivity index is 0.00000176. The summed E-state index contributed by atoms with van der Waals surface area (Å²) in [5.74, 6) is 0.653. The van der Waals surface area contributed by atoms with E-state index in [-0.39, 0.29) is 24.2 Å². The van der Waals surface area contributed by atoms with Gasteiger partial charge in [-0.15, -0.1) is 12.4 Å². The second kappa shape index (κ2) is 7.11. The third kappa shape index (κ3) is 3.25. The summed E-state index contributed by atoms with van der Waals surface area (Å²) in [6.45, 7) is 2.95. The molecule has 22 heavy (non-hydrogen) atoms. The van der Waals surface area contributed by atoms with Crippen LogP contribution in [-0.2, 0) is 4.79 Å². The molecule has 0 spiro atoms. The molecule has 2 heterocycles. The van der Waals surface area contributed by atoms with E-state index in [4.69, 9.17) is 5.73 Å². The molecule has 2 N–H and O–H groups in total. The highest BCUT2D eigenvalue weighted by Gasteiger charge is 2.26. The van der Waals surface area contributed by atoms with Crippen molar-refractivity contribution in [3.05, 3.63) is 29.8 Å². The number of nitrogens with zero attached hydrogens (tertiary/aromatic N) is 2. The molecule has 6 heteroatoms. The van der Waals surface area contributed by atoms with Gasteiger partial charge in [0.15, 0.2) is 0 Å². The van der Waals surface area contributed by atoms with Crippen LogP contribution in [0.4, 0.5) is 5.69 Å². The van der Waals surface area contributed by atoms with Gasteiger partial charge in [0.05, 0.1) is 0 Å². The van der Waals surface area contributed by atoms with Crippen molar-refractivity contribution in [3.63, 3.8) is 0 Å². The molecule has 2 aliphatic heterocycles. The summed E-state index contributed by atoms with van der Waals surface area (Å²) in [6.07, 6.45) is 2.52. The van der Waals surface area contributed by atoms with E-state index in [1.54, 1.807) is 4.90 Å². The molecule has 2 amide bonds. The van der Waals surface area contributed by atoms with Gasteiger partial charge in [-0.3, -0.25) is 9.59 Å². The summed E-state index contributed by atoms with van der Waals surface area (Å²) in [4.78, 5) is 27.8. The molecule has 1 aromatic rings. The quantitative estimate of drug-likeness (QED) is 0.920. The van der Waals surface area contributed by atoms with Gasteiger partial charge in [-0.1, -0.05) is 0 Å². The van der Waals surface area contributed by atoms with E-state index in [0.717, 1.165) is 38.2 Å². The van der Waals surface area contributed by atoms with Gasteiger partial charge in [-0.2, -0.15) is 0 Å². The summed E-state index contributed by atoms with van der Waals surface area (Å²) in [6, 6.07) is 7.37. The lowest BCUT2D eigenvalue weighted by atomic mass is 10.1. The van der Waals surface area contributed by atoms with Crippen molar-refractivity contribution >= 4 is 29.9 Å². The van der Waals surface area contributed by atoms with Crippen molar-refractivity contribution in [2.75, 3.05) is 31.1 Å². The molecule has 0 saturated carbocycles. The van der Waals surface area contributed by atoms with E-state index >= 15 is 0 Å².